The van der Waals surface area contributed by atoms with Crippen molar-refractivity contribution in [2.75, 3.05) is 0 Å². The van der Waals surface area contributed by atoms with E-state index in [9.17, 15) is 4.39 Å². The summed E-state index contributed by atoms with van der Waals surface area (Å²) in [5.74, 6) is 0.494. The number of hydrogen-bond acceptors (Lipinski definition) is 2. The average Bonchev–Trinajstić information content (AvgIpc) is 2.30. The van der Waals surface area contributed by atoms with Gasteiger partial charge in [-0.25, -0.2) is 4.39 Å². The van der Waals surface area contributed by atoms with Gasteiger partial charge >= 0.3 is 0 Å². The van der Waals surface area contributed by atoms with E-state index in [-0.39, 0.29) is 5.82 Å². The lowest BCUT2D eigenvalue weighted by Gasteiger charge is -2.08. The highest BCUT2D eigenvalue weighted by atomic mass is 32.1. The molecule has 0 aliphatic heterocycles. The molecule has 3 heteroatoms. The van der Waals surface area contributed by atoms with E-state index in [4.69, 9.17) is 4.74 Å². The monoisotopic (exact) mass is 234 g/mol. The Morgan fingerprint density at radius 2 is 1.69 bits per heavy atom. The van der Waals surface area contributed by atoms with Crippen LogP contribution < -0.4 is 4.74 Å². The number of thiol groups is 1. The molecule has 2 aromatic carbocycles. The lowest BCUT2D eigenvalue weighted by Crippen LogP contribution is -1.95. The van der Waals surface area contributed by atoms with Crippen LogP contribution in [0.5, 0.6) is 5.75 Å². The molecule has 0 N–H and O–H groups in total. The molecule has 0 atom stereocenters. The van der Waals surface area contributed by atoms with Gasteiger partial charge in [0.25, 0.3) is 0 Å². The third-order valence-corrected chi connectivity index (χ3v) is 2.54. The van der Waals surface area contributed by atoms with E-state index < -0.39 is 0 Å². The molecule has 82 valence electrons. The Hall–Kier alpha value is -1.48. The number of rotatable bonds is 3. The van der Waals surface area contributed by atoms with Gasteiger partial charge in [-0.2, -0.15) is 0 Å². The maximum absolute atomic E-state index is 12.7. The zero-order chi connectivity index (χ0) is 11.4. The van der Waals surface area contributed by atoms with E-state index in [1.54, 1.807) is 12.1 Å². The predicted molar refractivity (Wildman–Crippen MR) is 64.4 cm³/mol. The van der Waals surface area contributed by atoms with Gasteiger partial charge in [-0.15, -0.1) is 12.6 Å². The summed E-state index contributed by atoms with van der Waals surface area (Å²) in [4.78, 5) is 0.796. The van der Waals surface area contributed by atoms with Crippen LogP contribution in [0.15, 0.2) is 53.4 Å². The number of halogens is 1. The SMILES string of the molecule is Fc1ccc(COc2ccccc2S)cc1. The molecule has 2 rings (SSSR count). The van der Waals surface area contributed by atoms with E-state index in [1.807, 2.05) is 24.3 Å². The van der Waals surface area contributed by atoms with E-state index in [2.05, 4.69) is 12.6 Å². The van der Waals surface area contributed by atoms with Crippen molar-refractivity contribution in [3.05, 3.63) is 59.9 Å². The Bertz CT molecular complexity index is 468. The fourth-order valence-corrected chi connectivity index (χ4v) is 1.55. The Morgan fingerprint density at radius 3 is 2.38 bits per heavy atom. The first-order valence-electron chi connectivity index (χ1n) is 4.91. The predicted octanol–water partition coefficient (Wildman–Crippen LogP) is 3.69. The maximum Gasteiger partial charge on any atom is 0.133 e. The number of para-hydroxylation sites is 1. The zero-order valence-electron chi connectivity index (χ0n) is 8.56. The van der Waals surface area contributed by atoms with Gasteiger partial charge in [-0.1, -0.05) is 24.3 Å². The Kier molecular flexibility index (Phi) is 3.47. The summed E-state index contributed by atoms with van der Waals surface area (Å²) < 4.78 is 18.2. The van der Waals surface area contributed by atoms with Crippen LogP contribution in [-0.4, -0.2) is 0 Å². The van der Waals surface area contributed by atoms with E-state index in [0.29, 0.717) is 6.61 Å². The molecule has 0 saturated carbocycles. The van der Waals surface area contributed by atoms with Crippen LogP contribution in [0.3, 0.4) is 0 Å². The van der Waals surface area contributed by atoms with Gasteiger partial charge in [0.2, 0.25) is 0 Å². The molecule has 0 aliphatic rings. The summed E-state index contributed by atoms with van der Waals surface area (Å²) >= 11 is 4.28. The minimum atomic E-state index is -0.238. The first-order valence-corrected chi connectivity index (χ1v) is 5.35. The van der Waals surface area contributed by atoms with Crippen LogP contribution in [0.2, 0.25) is 0 Å². The van der Waals surface area contributed by atoms with Gasteiger partial charge in [0.1, 0.15) is 18.2 Å². The molecule has 0 saturated heterocycles. The summed E-state index contributed by atoms with van der Waals surface area (Å²) in [5.41, 5.74) is 0.929. The van der Waals surface area contributed by atoms with Crippen molar-refractivity contribution in [1.29, 1.82) is 0 Å². The van der Waals surface area contributed by atoms with Crippen LogP contribution in [0.4, 0.5) is 4.39 Å². The minimum Gasteiger partial charge on any atom is -0.488 e. The molecule has 0 spiro atoms. The standard InChI is InChI=1S/C13H11FOS/c14-11-7-5-10(6-8-11)9-15-12-3-1-2-4-13(12)16/h1-8,16H,9H2. The second-order valence-electron chi connectivity index (χ2n) is 3.38. The molecule has 16 heavy (non-hydrogen) atoms. The van der Waals surface area contributed by atoms with Gasteiger partial charge in [-0.05, 0) is 29.8 Å². The van der Waals surface area contributed by atoms with Crippen molar-refractivity contribution in [3.63, 3.8) is 0 Å². The number of ether oxygens (including phenoxy) is 1. The third-order valence-electron chi connectivity index (χ3n) is 2.17. The van der Waals surface area contributed by atoms with Crippen LogP contribution in [0.25, 0.3) is 0 Å². The molecule has 0 aromatic heterocycles. The van der Waals surface area contributed by atoms with E-state index in [1.165, 1.54) is 12.1 Å². The Balaban J connectivity index is 2.02. The second kappa shape index (κ2) is 5.03. The molecule has 0 aliphatic carbocycles. The Labute approximate surface area is 99.3 Å². The van der Waals surface area contributed by atoms with Crippen LogP contribution in [0, 0.1) is 5.82 Å². The van der Waals surface area contributed by atoms with Crippen LogP contribution in [-0.2, 0) is 6.61 Å². The molecule has 0 amide bonds. The first kappa shape index (κ1) is 11.0. The molecular formula is C13H11FOS. The minimum absolute atomic E-state index is 0.238. The maximum atomic E-state index is 12.7. The van der Waals surface area contributed by atoms with Gasteiger partial charge in [-0.3, -0.25) is 0 Å². The molecule has 0 bridgehead atoms. The van der Waals surface area contributed by atoms with E-state index in [0.717, 1.165) is 16.2 Å². The van der Waals surface area contributed by atoms with Gasteiger partial charge < -0.3 is 4.74 Å². The van der Waals surface area contributed by atoms with Crippen molar-refractivity contribution in [2.45, 2.75) is 11.5 Å². The molecular weight excluding hydrogens is 223 g/mol. The van der Waals surface area contributed by atoms with Gasteiger partial charge in [0.05, 0.1) is 0 Å². The largest absolute Gasteiger partial charge is 0.488 e. The first-order chi connectivity index (χ1) is 7.75. The summed E-state index contributed by atoms with van der Waals surface area (Å²) in [7, 11) is 0. The molecule has 0 radical (unpaired) electrons. The van der Waals surface area contributed by atoms with Crippen LogP contribution >= 0.6 is 12.6 Å². The van der Waals surface area contributed by atoms with Crippen LogP contribution in [0.1, 0.15) is 5.56 Å². The van der Waals surface area contributed by atoms with Crippen molar-refractivity contribution < 1.29 is 9.13 Å². The van der Waals surface area contributed by atoms with Crippen molar-refractivity contribution in [1.82, 2.24) is 0 Å². The van der Waals surface area contributed by atoms with Crippen molar-refractivity contribution >= 4 is 12.6 Å². The lowest BCUT2D eigenvalue weighted by atomic mass is 10.2. The van der Waals surface area contributed by atoms with Crippen molar-refractivity contribution in [2.24, 2.45) is 0 Å². The summed E-state index contributed by atoms with van der Waals surface area (Å²) in [6, 6.07) is 13.8. The Morgan fingerprint density at radius 1 is 1.00 bits per heavy atom. The zero-order valence-corrected chi connectivity index (χ0v) is 9.45. The molecule has 2 aromatic rings. The van der Waals surface area contributed by atoms with Gasteiger partial charge in [0.15, 0.2) is 0 Å². The molecule has 0 fully saturated rings. The second-order valence-corrected chi connectivity index (χ2v) is 3.86. The number of hydrogen-bond donors (Lipinski definition) is 1. The fourth-order valence-electron chi connectivity index (χ4n) is 1.32. The molecule has 0 unspecified atom stereocenters. The van der Waals surface area contributed by atoms with Gasteiger partial charge in [0, 0.05) is 4.90 Å². The van der Waals surface area contributed by atoms with Crippen molar-refractivity contribution in [3.8, 4) is 5.75 Å². The highest BCUT2D eigenvalue weighted by molar-refractivity contribution is 7.80. The summed E-state index contributed by atoms with van der Waals surface area (Å²) in [6.07, 6.45) is 0. The summed E-state index contributed by atoms with van der Waals surface area (Å²) in [6.45, 7) is 0.415. The average molecular weight is 234 g/mol. The molecule has 1 nitrogen and oxygen atoms in total. The smallest absolute Gasteiger partial charge is 0.133 e. The lowest BCUT2D eigenvalue weighted by molar-refractivity contribution is 0.299. The normalized spacial score (nSPS) is 10.1. The summed E-state index contributed by atoms with van der Waals surface area (Å²) in [5, 5.41) is 0. The molecule has 0 heterocycles. The number of benzene rings is 2. The fraction of sp³-hybridized carbons (Fsp3) is 0.0769. The highest BCUT2D eigenvalue weighted by Crippen LogP contribution is 2.22. The highest BCUT2D eigenvalue weighted by Gasteiger charge is 1.99. The third kappa shape index (κ3) is 2.76. The topological polar surface area (TPSA) is 9.23 Å². The van der Waals surface area contributed by atoms with E-state index >= 15 is 0 Å². The quantitative estimate of drug-likeness (QED) is 0.797.